The molecule has 0 radical (unpaired) electrons. The highest BCUT2D eigenvalue weighted by molar-refractivity contribution is 5.80. The third kappa shape index (κ3) is 3.23. The SMILES string of the molecule is CC(CC(N)=NO)NC1CC1. The first-order chi connectivity index (χ1) is 5.22. The number of rotatable bonds is 4. The molecule has 4 N–H and O–H groups in total. The Labute approximate surface area is 66.5 Å². The van der Waals surface area contributed by atoms with Crippen LogP contribution < -0.4 is 11.1 Å². The Morgan fingerprint density at radius 1 is 1.82 bits per heavy atom. The van der Waals surface area contributed by atoms with Gasteiger partial charge < -0.3 is 16.3 Å². The summed E-state index contributed by atoms with van der Waals surface area (Å²) in [5.74, 6) is 0.297. The van der Waals surface area contributed by atoms with Crippen molar-refractivity contribution in [2.24, 2.45) is 10.9 Å². The molecule has 1 unspecified atom stereocenters. The molecule has 1 aliphatic carbocycles. The van der Waals surface area contributed by atoms with Crippen LogP contribution in [0.2, 0.25) is 0 Å². The lowest BCUT2D eigenvalue weighted by Crippen LogP contribution is -2.32. The zero-order chi connectivity index (χ0) is 8.27. The van der Waals surface area contributed by atoms with E-state index in [0.29, 0.717) is 24.3 Å². The summed E-state index contributed by atoms with van der Waals surface area (Å²) in [6.45, 7) is 2.04. The number of hydrogen-bond acceptors (Lipinski definition) is 3. The Hall–Kier alpha value is -0.770. The first-order valence-corrected chi connectivity index (χ1v) is 3.95. The summed E-state index contributed by atoms with van der Waals surface area (Å²) in [5.41, 5.74) is 5.33. The smallest absolute Gasteiger partial charge is 0.140 e. The van der Waals surface area contributed by atoms with Gasteiger partial charge in [0.25, 0.3) is 0 Å². The van der Waals surface area contributed by atoms with Crippen LogP contribution >= 0.6 is 0 Å². The van der Waals surface area contributed by atoms with E-state index < -0.39 is 0 Å². The molecule has 1 fully saturated rings. The number of nitrogens with one attached hydrogen (secondary N) is 1. The monoisotopic (exact) mass is 157 g/mol. The molecule has 64 valence electrons. The predicted molar refractivity (Wildman–Crippen MR) is 43.6 cm³/mol. The summed E-state index contributed by atoms with van der Waals surface area (Å²) in [4.78, 5) is 0. The van der Waals surface area contributed by atoms with Crippen LogP contribution in [0.15, 0.2) is 5.16 Å². The summed E-state index contributed by atoms with van der Waals surface area (Å²) < 4.78 is 0. The topological polar surface area (TPSA) is 70.6 Å². The predicted octanol–water partition coefficient (Wildman–Crippen LogP) is 0.263. The van der Waals surface area contributed by atoms with E-state index in [1.165, 1.54) is 12.8 Å². The van der Waals surface area contributed by atoms with E-state index in [9.17, 15) is 0 Å². The Balaban J connectivity index is 2.13. The van der Waals surface area contributed by atoms with Crippen molar-refractivity contribution in [3.05, 3.63) is 0 Å². The molecule has 0 amide bonds. The lowest BCUT2D eigenvalue weighted by atomic mass is 10.2. The van der Waals surface area contributed by atoms with Crippen molar-refractivity contribution < 1.29 is 5.21 Å². The Bertz CT molecular complexity index is 154. The Morgan fingerprint density at radius 3 is 2.91 bits per heavy atom. The lowest BCUT2D eigenvalue weighted by Gasteiger charge is -2.10. The largest absolute Gasteiger partial charge is 0.409 e. The van der Waals surface area contributed by atoms with Crippen molar-refractivity contribution >= 4 is 5.84 Å². The van der Waals surface area contributed by atoms with E-state index >= 15 is 0 Å². The molecule has 0 spiro atoms. The zero-order valence-electron chi connectivity index (χ0n) is 6.75. The molecule has 1 atom stereocenters. The summed E-state index contributed by atoms with van der Waals surface area (Å²) in [5, 5.41) is 14.5. The van der Waals surface area contributed by atoms with Gasteiger partial charge in [-0.3, -0.25) is 0 Å². The highest BCUT2D eigenvalue weighted by atomic mass is 16.4. The van der Waals surface area contributed by atoms with Crippen LogP contribution in [0, 0.1) is 0 Å². The van der Waals surface area contributed by atoms with Crippen LogP contribution in [0.5, 0.6) is 0 Å². The maximum atomic E-state index is 8.27. The van der Waals surface area contributed by atoms with Crippen LogP contribution in [0.4, 0.5) is 0 Å². The highest BCUT2D eigenvalue weighted by Gasteiger charge is 2.22. The van der Waals surface area contributed by atoms with Crippen molar-refractivity contribution in [2.45, 2.75) is 38.3 Å². The molecule has 0 aliphatic heterocycles. The van der Waals surface area contributed by atoms with Crippen molar-refractivity contribution in [3.63, 3.8) is 0 Å². The van der Waals surface area contributed by atoms with Gasteiger partial charge in [0.15, 0.2) is 0 Å². The molecule has 0 aromatic rings. The molecule has 0 aromatic heterocycles. The van der Waals surface area contributed by atoms with Gasteiger partial charge in [-0.1, -0.05) is 5.16 Å². The molecule has 0 saturated heterocycles. The first-order valence-electron chi connectivity index (χ1n) is 3.95. The normalized spacial score (nSPS) is 21.7. The molecular formula is C7H15N3O. The number of nitrogens with zero attached hydrogens (tertiary/aromatic N) is 1. The van der Waals surface area contributed by atoms with Gasteiger partial charge in [0.05, 0.1) is 0 Å². The quantitative estimate of drug-likeness (QED) is 0.237. The van der Waals surface area contributed by atoms with Crippen LogP contribution in [0.3, 0.4) is 0 Å². The molecule has 1 saturated carbocycles. The molecule has 1 rings (SSSR count). The minimum atomic E-state index is 0.297. The van der Waals surface area contributed by atoms with Gasteiger partial charge in [-0.2, -0.15) is 0 Å². The van der Waals surface area contributed by atoms with E-state index in [1.54, 1.807) is 0 Å². The molecule has 0 bridgehead atoms. The number of hydrogen-bond donors (Lipinski definition) is 3. The van der Waals surface area contributed by atoms with Crippen molar-refractivity contribution in [2.75, 3.05) is 0 Å². The molecule has 11 heavy (non-hydrogen) atoms. The molecule has 0 aromatic carbocycles. The number of nitrogens with two attached hydrogens (primary N) is 1. The molecule has 1 aliphatic rings. The minimum absolute atomic E-state index is 0.297. The van der Waals surface area contributed by atoms with Gasteiger partial charge in [-0.05, 0) is 19.8 Å². The minimum Gasteiger partial charge on any atom is -0.409 e. The average molecular weight is 157 g/mol. The van der Waals surface area contributed by atoms with Crippen molar-refractivity contribution in [1.82, 2.24) is 5.32 Å². The Kier molecular flexibility index (Phi) is 2.70. The van der Waals surface area contributed by atoms with E-state index in [1.807, 2.05) is 6.92 Å². The van der Waals surface area contributed by atoms with Crippen molar-refractivity contribution in [3.8, 4) is 0 Å². The van der Waals surface area contributed by atoms with Gasteiger partial charge in [0.1, 0.15) is 5.84 Å². The van der Waals surface area contributed by atoms with Gasteiger partial charge in [0.2, 0.25) is 0 Å². The molecular weight excluding hydrogens is 142 g/mol. The van der Waals surface area contributed by atoms with Crippen molar-refractivity contribution in [1.29, 1.82) is 0 Å². The van der Waals surface area contributed by atoms with Crippen LogP contribution in [0.1, 0.15) is 26.2 Å². The maximum absolute atomic E-state index is 8.27. The Morgan fingerprint density at radius 2 is 2.45 bits per heavy atom. The summed E-state index contributed by atoms with van der Waals surface area (Å²) in [6, 6.07) is 0.995. The number of amidine groups is 1. The second-order valence-corrected chi connectivity index (χ2v) is 3.14. The van der Waals surface area contributed by atoms with E-state index in [4.69, 9.17) is 10.9 Å². The number of oxime groups is 1. The van der Waals surface area contributed by atoms with Crippen LogP contribution in [-0.4, -0.2) is 23.1 Å². The van der Waals surface area contributed by atoms with Gasteiger partial charge in [-0.15, -0.1) is 0 Å². The fourth-order valence-electron chi connectivity index (χ4n) is 1.07. The van der Waals surface area contributed by atoms with E-state index in [0.717, 1.165) is 0 Å². The highest BCUT2D eigenvalue weighted by Crippen LogP contribution is 2.19. The average Bonchev–Trinajstić information content (AvgIpc) is 2.71. The summed E-state index contributed by atoms with van der Waals surface area (Å²) >= 11 is 0. The standard InChI is InChI=1S/C7H15N3O/c1-5(4-7(8)10-11)9-6-2-3-6/h5-6,9,11H,2-4H2,1H3,(H2,8,10). The first kappa shape index (κ1) is 8.33. The van der Waals surface area contributed by atoms with Gasteiger partial charge >= 0.3 is 0 Å². The van der Waals surface area contributed by atoms with Crippen LogP contribution in [-0.2, 0) is 0 Å². The second kappa shape index (κ2) is 3.57. The van der Waals surface area contributed by atoms with E-state index in [-0.39, 0.29) is 0 Å². The molecule has 4 nitrogen and oxygen atoms in total. The molecule has 0 heterocycles. The van der Waals surface area contributed by atoms with Gasteiger partial charge in [0, 0.05) is 18.5 Å². The second-order valence-electron chi connectivity index (χ2n) is 3.14. The van der Waals surface area contributed by atoms with Gasteiger partial charge in [-0.25, -0.2) is 0 Å². The summed E-state index contributed by atoms with van der Waals surface area (Å²) in [6.07, 6.45) is 3.15. The fraction of sp³-hybridized carbons (Fsp3) is 0.857. The third-order valence-corrected chi connectivity index (χ3v) is 1.74. The fourth-order valence-corrected chi connectivity index (χ4v) is 1.07. The maximum Gasteiger partial charge on any atom is 0.140 e. The van der Waals surface area contributed by atoms with E-state index in [2.05, 4.69) is 10.5 Å². The molecule has 4 heteroatoms. The zero-order valence-corrected chi connectivity index (χ0v) is 6.75. The lowest BCUT2D eigenvalue weighted by molar-refractivity contribution is 0.315. The third-order valence-electron chi connectivity index (χ3n) is 1.74. The summed E-state index contributed by atoms with van der Waals surface area (Å²) in [7, 11) is 0. The van der Waals surface area contributed by atoms with Crippen LogP contribution in [0.25, 0.3) is 0 Å².